The van der Waals surface area contributed by atoms with Gasteiger partial charge in [-0.3, -0.25) is 4.79 Å². The second-order valence-electron chi connectivity index (χ2n) is 6.92. The zero-order valence-corrected chi connectivity index (χ0v) is 16.5. The summed E-state index contributed by atoms with van der Waals surface area (Å²) in [5.41, 5.74) is 1.70. The molecule has 0 unspecified atom stereocenters. The highest BCUT2D eigenvalue weighted by Crippen LogP contribution is 2.37. The van der Waals surface area contributed by atoms with Crippen molar-refractivity contribution in [2.75, 3.05) is 24.3 Å². The topological polar surface area (TPSA) is 50.2 Å². The maximum Gasteiger partial charge on any atom is 0.418 e. The van der Waals surface area contributed by atoms with E-state index >= 15 is 0 Å². The van der Waals surface area contributed by atoms with Gasteiger partial charge < -0.3 is 10.2 Å². The molecule has 2 aromatic carbocycles. The minimum atomic E-state index is -4.60. The molecule has 152 valence electrons. The number of para-hydroxylation sites is 1. The Morgan fingerprint density at radius 2 is 1.79 bits per heavy atom. The lowest BCUT2D eigenvalue weighted by atomic mass is 10.1. The summed E-state index contributed by atoms with van der Waals surface area (Å²) in [6.07, 6.45) is -3.24. The third kappa shape index (κ3) is 4.11. The van der Waals surface area contributed by atoms with Crippen LogP contribution in [0.15, 0.2) is 48.7 Å². The second kappa shape index (κ2) is 7.62. The molecule has 3 aromatic rings. The number of amides is 1. The van der Waals surface area contributed by atoms with E-state index in [2.05, 4.69) is 10.4 Å². The van der Waals surface area contributed by atoms with Gasteiger partial charge in [0.05, 0.1) is 34.4 Å². The number of nitrogens with zero attached hydrogens (tertiary/aromatic N) is 3. The summed E-state index contributed by atoms with van der Waals surface area (Å²) >= 11 is 0. The molecule has 0 bridgehead atoms. The molecule has 1 amide bonds. The number of nitrogens with one attached hydrogen (secondary N) is 1. The van der Waals surface area contributed by atoms with Crippen molar-refractivity contribution in [3.8, 4) is 5.69 Å². The Morgan fingerprint density at radius 1 is 1.10 bits per heavy atom. The first-order valence-electron chi connectivity index (χ1n) is 8.90. The number of carbonyl (C=O) groups is 1. The van der Waals surface area contributed by atoms with Crippen LogP contribution in [-0.2, 0) is 6.18 Å². The summed E-state index contributed by atoms with van der Waals surface area (Å²) in [6, 6.07) is 11.3. The van der Waals surface area contributed by atoms with Gasteiger partial charge in [-0.2, -0.15) is 18.3 Å². The lowest BCUT2D eigenvalue weighted by molar-refractivity contribution is -0.136. The Balaban J connectivity index is 1.95. The summed E-state index contributed by atoms with van der Waals surface area (Å²) in [7, 11) is 3.30. The van der Waals surface area contributed by atoms with E-state index in [9.17, 15) is 18.0 Å². The van der Waals surface area contributed by atoms with Gasteiger partial charge in [-0.25, -0.2) is 4.68 Å². The number of aryl methyl sites for hydroxylation is 1. The molecule has 0 saturated heterocycles. The third-order valence-corrected chi connectivity index (χ3v) is 4.67. The number of hydrogen-bond donors (Lipinski definition) is 1. The molecule has 0 atom stereocenters. The minimum absolute atomic E-state index is 0.207. The van der Waals surface area contributed by atoms with E-state index < -0.39 is 17.6 Å². The maximum atomic E-state index is 13.5. The number of rotatable bonds is 4. The van der Waals surface area contributed by atoms with Gasteiger partial charge in [0.2, 0.25) is 0 Å². The maximum absolute atomic E-state index is 13.5. The molecule has 0 aliphatic rings. The Morgan fingerprint density at radius 3 is 2.41 bits per heavy atom. The number of anilines is 2. The Hall–Kier alpha value is -3.29. The number of hydrogen-bond acceptors (Lipinski definition) is 3. The highest BCUT2D eigenvalue weighted by atomic mass is 19.4. The summed E-state index contributed by atoms with van der Waals surface area (Å²) in [6.45, 7) is 3.62. The van der Waals surface area contributed by atoms with E-state index in [-0.39, 0.29) is 11.3 Å². The fourth-order valence-electron chi connectivity index (χ4n) is 3.02. The number of carbonyl (C=O) groups excluding carboxylic acids is 1. The van der Waals surface area contributed by atoms with E-state index in [1.165, 1.54) is 18.3 Å². The summed E-state index contributed by atoms with van der Waals surface area (Å²) in [5.74, 6) is -0.648. The zero-order chi connectivity index (χ0) is 21.3. The molecule has 1 N–H and O–H groups in total. The Kier molecular flexibility index (Phi) is 5.37. The van der Waals surface area contributed by atoms with Crippen molar-refractivity contribution >= 4 is 17.3 Å². The highest BCUT2D eigenvalue weighted by molar-refractivity contribution is 6.05. The zero-order valence-electron chi connectivity index (χ0n) is 16.5. The van der Waals surface area contributed by atoms with Crippen LogP contribution in [0.25, 0.3) is 5.69 Å². The van der Waals surface area contributed by atoms with Crippen molar-refractivity contribution in [2.24, 2.45) is 0 Å². The standard InChI is InChI=1S/C21H21F3N4O/c1-13-7-5-6-8-19(13)28-14(2)16(12-25-28)20(29)26-18-10-9-15(27(3)4)11-17(18)21(22,23)24/h5-12H,1-4H3,(H,26,29). The normalized spacial score (nSPS) is 11.4. The quantitative estimate of drug-likeness (QED) is 0.680. The van der Waals surface area contributed by atoms with E-state index in [4.69, 9.17) is 0 Å². The van der Waals surface area contributed by atoms with Crippen LogP contribution >= 0.6 is 0 Å². The molecule has 1 heterocycles. The summed E-state index contributed by atoms with van der Waals surface area (Å²) in [4.78, 5) is 14.3. The molecular formula is C21H21F3N4O. The van der Waals surface area contributed by atoms with Crippen LogP contribution in [0.4, 0.5) is 24.5 Å². The fraction of sp³-hybridized carbons (Fsp3) is 0.238. The van der Waals surface area contributed by atoms with Crippen molar-refractivity contribution in [2.45, 2.75) is 20.0 Å². The van der Waals surface area contributed by atoms with Crippen LogP contribution in [0.1, 0.15) is 27.2 Å². The van der Waals surface area contributed by atoms with Gasteiger partial charge in [-0.1, -0.05) is 18.2 Å². The molecule has 0 aliphatic carbocycles. The van der Waals surface area contributed by atoms with Crippen molar-refractivity contribution < 1.29 is 18.0 Å². The average molecular weight is 402 g/mol. The lowest BCUT2D eigenvalue weighted by Crippen LogP contribution is -2.18. The summed E-state index contributed by atoms with van der Waals surface area (Å²) < 4.78 is 42.1. The van der Waals surface area contributed by atoms with Gasteiger partial charge in [0.15, 0.2) is 0 Å². The van der Waals surface area contributed by atoms with Crippen LogP contribution in [0.2, 0.25) is 0 Å². The third-order valence-electron chi connectivity index (χ3n) is 4.67. The number of halogens is 3. The molecule has 5 nitrogen and oxygen atoms in total. The van der Waals surface area contributed by atoms with Gasteiger partial charge >= 0.3 is 6.18 Å². The van der Waals surface area contributed by atoms with Crippen LogP contribution in [0.5, 0.6) is 0 Å². The van der Waals surface area contributed by atoms with Gasteiger partial charge in [-0.05, 0) is 43.7 Å². The predicted molar refractivity (Wildman–Crippen MR) is 107 cm³/mol. The van der Waals surface area contributed by atoms with Gasteiger partial charge in [0, 0.05) is 19.8 Å². The Bertz CT molecular complexity index is 1050. The molecular weight excluding hydrogens is 381 g/mol. The SMILES string of the molecule is Cc1ccccc1-n1ncc(C(=O)Nc2ccc(N(C)C)cc2C(F)(F)F)c1C. The monoisotopic (exact) mass is 402 g/mol. The molecule has 0 aliphatic heterocycles. The van der Waals surface area contributed by atoms with E-state index in [1.54, 1.807) is 30.6 Å². The van der Waals surface area contributed by atoms with Crippen molar-refractivity contribution in [3.05, 3.63) is 71.0 Å². The molecule has 1 aromatic heterocycles. The molecule has 0 radical (unpaired) electrons. The minimum Gasteiger partial charge on any atom is -0.378 e. The van der Waals surface area contributed by atoms with Crippen LogP contribution < -0.4 is 10.2 Å². The molecule has 3 rings (SSSR count). The molecule has 0 fully saturated rings. The van der Waals surface area contributed by atoms with Gasteiger partial charge in [0.25, 0.3) is 5.91 Å². The number of aromatic nitrogens is 2. The van der Waals surface area contributed by atoms with E-state index in [0.29, 0.717) is 11.4 Å². The van der Waals surface area contributed by atoms with Crippen molar-refractivity contribution in [1.29, 1.82) is 0 Å². The predicted octanol–water partition coefficient (Wildman–Crippen LogP) is 4.83. The first kappa shape index (κ1) is 20.4. The van der Waals surface area contributed by atoms with Gasteiger partial charge in [0.1, 0.15) is 0 Å². The molecule has 0 spiro atoms. The van der Waals surface area contributed by atoms with Crippen molar-refractivity contribution in [1.82, 2.24) is 9.78 Å². The first-order chi connectivity index (χ1) is 13.6. The fourth-order valence-corrected chi connectivity index (χ4v) is 3.02. The van der Waals surface area contributed by atoms with Crippen LogP contribution in [-0.4, -0.2) is 29.8 Å². The van der Waals surface area contributed by atoms with Crippen LogP contribution in [0, 0.1) is 13.8 Å². The number of benzene rings is 2. The van der Waals surface area contributed by atoms with Crippen molar-refractivity contribution in [3.63, 3.8) is 0 Å². The van der Waals surface area contributed by atoms with Crippen LogP contribution in [0.3, 0.4) is 0 Å². The smallest absolute Gasteiger partial charge is 0.378 e. The second-order valence-corrected chi connectivity index (χ2v) is 6.92. The average Bonchev–Trinajstić information content (AvgIpc) is 3.02. The first-order valence-corrected chi connectivity index (χ1v) is 8.90. The van der Waals surface area contributed by atoms with Gasteiger partial charge in [-0.15, -0.1) is 0 Å². The van der Waals surface area contributed by atoms with E-state index in [1.807, 2.05) is 31.2 Å². The highest BCUT2D eigenvalue weighted by Gasteiger charge is 2.34. The summed E-state index contributed by atoms with van der Waals surface area (Å²) in [5, 5.41) is 6.63. The number of alkyl halides is 3. The lowest BCUT2D eigenvalue weighted by Gasteiger charge is -2.18. The molecule has 8 heteroatoms. The Labute approximate surface area is 166 Å². The van der Waals surface area contributed by atoms with E-state index in [0.717, 1.165) is 17.3 Å². The molecule has 0 saturated carbocycles. The largest absolute Gasteiger partial charge is 0.418 e. The molecule has 29 heavy (non-hydrogen) atoms.